The molecule has 1 unspecified atom stereocenters. The van der Waals surface area contributed by atoms with Gasteiger partial charge in [0.25, 0.3) is 0 Å². The molecule has 1 aromatic rings. The van der Waals surface area contributed by atoms with E-state index >= 15 is 0 Å². The minimum absolute atomic E-state index is 0.331. The van der Waals surface area contributed by atoms with Gasteiger partial charge in [-0.2, -0.15) is 0 Å². The molecule has 0 fully saturated rings. The van der Waals surface area contributed by atoms with Crippen LogP contribution in [0.25, 0.3) is 0 Å². The molecule has 0 amide bonds. The summed E-state index contributed by atoms with van der Waals surface area (Å²) in [5.41, 5.74) is 0.331. The van der Waals surface area contributed by atoms with E-state index in [1.165, 1.54) is 66.2 Å². The van der Waals surface area contributed by atoms with Gasteiger partial charge in [-0.05, 0) is 35.4 Å². The quantitative estimate of drug-likeness (QED) is 0.264. The van der Waals surface area contributed by atoms with Crippen LogP contribution in [0.4, 0.5) is 0 Å². The van der Waals surface area contributed by atoms with Crippen molar-refractivity contribution in [2.75, 3.05) is 0 Å². The Morgan fingerprint density at radius 1 is 1.05 bits per heavy atom. The highest BCUT2D eigenvalue weighted by atomic mass is 127. The van der Waals surface area contributed by atoms with Crippen molar-refractivity contribution in [1.82, 2.24) is 0 Å². The van der Waals surface area contributed by atoms with E-state index in [1.807, 2.05) is 11.3 Å². The van der Waals surface area contributed by atoms with E-state index in [0.717, 1.165) is 5.02 Å². The van der Waals surface area contributed by atoms with E-state index in [-0.39, 0.29) is 0 Å². The van der Waals surface area contributed by atoms with Crippen LogP contribution in [0.15, 0.2) is 5.38 Å². The molecule has 0 saturated heterocycles. The second-order valence-electron chi connectivity index (χ2n) is 6.06. The Kier molecular flexibility index (Phi) is 9.08. The third-order valence-corrected chi connectivity index (χ3v) is 7.67. The van der Waals surface area contributed by atoms with Gasteiger partial charge < -0.3 is 0 Å². The van der Waals surface area contributed by atoms with Gasteiger partial charge in [-0.15, -0.1) is 11.3 Å². The van der Waals surface area contributed by atoms with Crippen molar-refractivity contribution >= 4 is 45.5 Å². The summed E-state index contributed by atoms with van der Waals surface area (Å²) < 4.78 is 1.30. The van der Waals surface area contributed by atoms with Crippen molar-refractivity contribution in [1.29, 1.82) is 0 Å². The van der Waals surface area contributed by atoms with Crippen molar-refractivity contribution in [3.63, 3.8) is 0 Å². The first-order valence-electron chi connectivity index (χ1n) is 7.98. The first kappa shape index (κ1) is 18.8. The van der Waals surface area contributed by atoms with Crippen LogP contribution >= 0.6 is 45.5 Å². The molecular formula is C17H28ClIS. The third kappa shape index (κ3) is 5.49. The summed E-state index contributed by atoms with van der Waals surface area (Å²) >= 11 is 10.6. The van der Waals surface area contributed by atoms with Gasteiger partial charge in [0, 0.05) is 19.2 Å². The van der Waals surface area contributed by atoms with Crippen LogP contribution in [0.3, 0.4) is 0 Å². The van der Waals surface area contributed by atoms with Gasteiger partial charge in [0.15, 0.2) is 0 Å². The molecule has 0 aromatic carbocycles. The summed E-state index contributed by atoms with van der Waals surface area (Å²) in [6.45, 7) is 7.02. The minimum atomic E-state index is 0.331. The summed E-state index contributed by atoms with van der Waals surface area (Å²) in [4.78, 5) is 1.52. The number of rotatable bonds is 10. The Bertz CT molecular complexity index is 388. The summed E-state index contributed by atoms with van der Waals surface area (Å²) in [7, 11) is 0. The number of halogens is 2. The van der Waals surface area contributed by atoms with Gasteiger partial charge in [0.1, 0.15) is 0 Å². The van der Waals surface area contributed by atoms with Crippen molar-refractivity contribution in [2.24, 2.45) is 0 Å². The van der Waals surface area contributed by atoms with Crippen LogP contribution in [0.5, 0.6) is 0 Å². The van der Waals surface area contributed by atoms with Gasteiger partial charge in [-0.1, -0.05) is 77.3 Å². The Hall–Kier alpha value is 0.720. The lowest BCUT2D eigenvalue weighted by Gasteiger charge is -2.29. The summed E-state index contributed by atoms with van der Waals surface area (Å²) in [6, 6.07) is 0. The summed E-state index contributed by atoms with van der Waals surface area (Å²) in [5.74, 6) is 0. The molecule has 1 aromatic heterocycles. The van der Waals surface area contributed by atoms with E-state index in [0.29, 0.717) is 5.41 Å². The van der Waals surface area contributed by atoms with Crippen molar-refractivity contribution < 1.29 is 0 Å². The van der Waals surface area contributed by atoms with Gasteiger partial charge in [0.05, 0.1) is 5.02 Å². The molecule has 0 spiro atoms. The number of hydrogen-bond donors (Lipinski definition) is 0. The van der Waals surface area contributed by atoms with Gasteiger partial charge in [0.2, 0.25) is 0 Å². The lowest BCUT2D eigenvalue weighted by molar-refractivity contribution is 0.371. The smallest absolute Gasteiger partial charge is 0.0649 e. The molecule has 0 bridgehead atoms. The van der Waals surface area contributed by atoms with Crippen molar-refractivity contribution in [3.8, 4) is 0 Å². The molecule has 1 heterocycles. The fourth-order valence-corrected chi connectivity index (χ4v) is 5.51. The monoisotopic (exact) mass is 426 g/mol. The largest absolute Gasteiger partial charge is 0.146 e. The Morgan fingerprint density at radius 2 is 1.60 bits per heavy atom. The SMILES string of the molecule is CCCCCCC(C)(CCCCC)c1scc(Cl)c1I. The summed E-state index contributed by atoms with van der Waals surface area (Å²) in [6.07, 6.45) is 12.0. The normalized spacial score (nSPS) is 14.4. The predicted octanol–water partition coefficient (Wildman–Crippen LogP) is 7.81. The van der Waals surface area contributed by atoms with Crippen LogP contribution in [0.1, 0.15) is 83.4 Å². The van der Waals surface area contributed by atoms with E-state index in [9.17, 15) is 0 Å². The minimum Gasteiger partial charge on any atom is -0.146 e. The highest BCUT2D eigenvalue weighted by Gasteiger charge is 2.30. The Balaban J connectivity index is 2.74. The zero-order valence-electron chi connectivity index (χ0n) is 13.1. The topological polar surface area (TPSA) is 0 Å². The molecule has 0 radical (unpaired) electrons. The predicted molar refractivity (Wildman–Crippen MR) is 102 cm³/mol. The average molecular weight is 427 g/mol. The molecular weight excluding hydrogens is 399 g/mol. The first-order chi connectivity index (χ1) is 9.55. The maximum atomic E-state index is 6.28. The molecule has 1 atom stereocenters. The molecule has 0 N–H and O–H groups in total. The molecule has 0 saturated carbocycles. The van der Waals surface area contributed by atoms with Crippen molar-refractivity contribution in [3.05, 3.63) is 18.9 Å². The molecule has 116 valence electrons. The van der Waals surface area contributed by atoms with Crippen LogP contribution in [0.2, 0.25) is 5.02 Å². The van der Waals surface area contributed by atoms with E-state index in [1.54, 1.807) is 0 Å². The number of hydrogen-bond acceptors (Lipinski definition) is 1. The fraction of sp³-hybridized carbons (Fsp3) is 0.765. The van der Waals surface area contributed by atoms with E-state index in [2.05, 4.69) is 48.7 Å². The Morgan fingerprint density at radius 3 is 2.10 bits per heavy atom. The zero-order valence-corrected chi connectivity index (χ0v) is 16.8. The van der Waals surface area contributed by atoms with Crippen LogP contribution in [-0.2, 0) is 5.41 Å². The van der Waals surface area contributed by atoms with Crippen molar-refractivity contribution in [2.45, 2.75) is 84.0 Å². The van der Waals surface area contributed by atoms with Crippen LogP contribution < -0.4 is 0 Å². The molecule has 20 heavy (non-hydrogen) atoms. The lowest BCUT2D eigenvalue weighted by atomic mass is 9.78. The summed E-state index contributed by atoms with van der Waals surface area (Å²) in [5, 5.41) is 3.06. The molecule has 0 aliphatic heterocycles. The highest BCUT2D eigenvalue weighted by molar-refractivity contribution is 14.1. The second kappa shape index (κ2) is 9.68. The standard InChI is InChI=1S/C17H28ClIS/c1-4-6-8-10-12-17(3,11-9-7-5-2)16-15(19)14(18)13-20-16/h13H,4-12H2,1-3H3. The highest BCUT2D eigenvalue weighted by Crippen LogP contribution is 2.43. The van der Waals surface area contributed by atoms with Crippen LogP contribution in [-0.4, -0.2) is 0 Å². The van der Waals surface area contributed by atoms with Gasteiger partial charge in [-0.25, -0.2) is 0 Å². The lowest BCUT2D eigenvalue weighted by Crippen LogP contribution is -2.22. The molecule has 1 rings (SSSR count). The van der Waals surface area contributed by atoms with E-state index < -0.39 is 0 Å². The molecule has 3 heteroatoms. The zero-order chi connectivity index (χ0) is 15.0. The second-order valence-corrected chi connectivity index (χ2v) is 8.42. The van der Waals surface area contributed by atoms with Gasteiger partial charge >= 0.3 is 0 Å². The Labute approximate surface area is 147 Å². The first-order valence-corrected chi connectivity index (χ1v) is 10.3. The number of unbranched alkanes of at least 4 members (excludes halogenated alkanes) is 5. The molecule has 0 aliphatic rings. The fourth-order valence-electron chi connectivity index (χ4n) is 2.79. The maximum Gasteiger partial charge on any atom is 0.0649 e. The number of thiophene rings is 1. The third-order valence-electron chi connectivity index (χ3n) is 4.15. The van der Waals surface area contributed by atoms with Crippen LogP contribution in [0, 0.1) is 3.57 Å². The maximum absolute atomic E-state index is 6.28. The average Bonchev–Trinajstić information content (AvgIpc) is 2.76. The van der Waals surface area contributed by atoms with Gasteiger partial charge in [-0.3, -0.25) is 0 Å². The molecule has 0 aliphatic carbocycles. The molecule has 0 nitrogen and oxygen atoms in total. The van der Waals surface area contributed by atoms with E-state index in [4.69, 9.17) is 11.6 Å².